The molecule has 4 N–H and O–H groups in total. The summed E-state index contributed by atoms with van der Waals surface area (Å²) in [5.41, 5.74) is 3.56. The highest BCUT2D eigenvalue weighted by molar-refractivity contribution is 6.31. The van der Waals surface area contributed by atoms with Crippen molar-refractivity contribution in [2.75, 3.05) is 26.2 Å². The van der Waals surface area contributed by atoms with Crippen LogP contribution >= 0.6 is 11.6 Å². The van der Waals surface area contributed by atoms with Crippen LogP contribution in [0.2, 0.25) is 5.02 Å². The molecule has 2 heterocycles. The number of likely N-dealkylation sites (N-methyl/N-ethyl adjacent to an activating group) is 1. The number of piperazine rings is 1. The van der Waals surface area contributed by atoms with E-state index in [1.165, 1.54) is 4.90 Å². The maximum Gasteiger partial charge on any atom is 0.335 e. The molecule has 2 bridgehead atoms. The first-order valence-corrected chi connectivity index (χ1v) is 16.5. The van der Waals surface area contributed by atoms with Crippen molar-refractivity contribution in [3.63, 3.8) is 0 Å². The molecule has 50 heavy (non-hydrogen) atoms. The first-order valence-electron chi connectivity index (χ1n) is 16.1. The number of carbonyl (C=O) groups is 3. The molecule has 10 nitrogen and oxygen atoms in total. The molecule has 0 unspecified atom stereocenters. The summed E-state index contributed by atoms with van der Waals surface area (Å²) >= 11 is 6.42. The molecule has 0 spiro atoms. The van der Waals surface area contributed by atoms with Crippen LogP contribution in [0.25, 0.3) is 5.57 Å². The summed E-state index contributed by atoms with van der Waals surface area (Å²) in [7, 11) is 0. The van der Waals surface area contributed by atoms with E-state index in [1.807, 2.05) is 43.3 Å². The van der Waals surface area contributed by atoms with Crippen LogP contribution in [0.5, 0.6) is 5.75 Å². The second kappa shape index (κ2) is 16.1. The summed E-state index contributed by atoms with van der Waals surface area (Å²) < 4.78 is 46.5. The van der Waals surface area contributed by atoms with E-state index in [1.54, 1.807) is 17.0 Å². The lowest BCUT2D eigenvalue weighted by Gasteiger charge is -2.45. The minimum atomic E-state index is -2.30. The van der Waals surface area contributed by atoms with Gasteiger partial charge in [-0.05, 0) is 66.6 Å². The highest BCUT2D eigenvalue weighted by Crippen LogP contribution is 2.35. The Hall–Kier alpha value is -4.43. The number of carbonyl (C=O) groups excluding carboxylic acids is 2. The first-order chi connectivity index (χ1) is 23.9. The SMILES string of the molecule is CCN(Cc1ccccc1Cl)C(=O)C1=C(c2ccc(CCCOc3c(F)ccc(F)c3F)cc2)C[C@@H]2CN(C(=O)[C@@H](O)[C@H](O)C(=O)O)C[C@H]1N2. The van der Waals surface area contributed by atoms with Gasteiger partial charge in [-0.25, -0.2) is 13.6 Å². The standard InChI is InChI=1S/C36H37ClF3N3O7/c1-2-42(17-22-7-3-4-8-25(22)37)34(46)29-24(16-23-18-43(19-28(29)41-23)35(47)31(44)32(45)36(48)49)21-11-9-20(10-12-21)6-5-15-50-33-27(39)14-13-26(38)30(33)40/h3-4,7-14,23,28,31-32,41,44-45H,2,5-6,15-19H2,1H3,(H,48,49)/t23-,28-,31+,32+/m1/s1. The van der Waals surface area contributed by atoms with Gasteiger partial charge in [0.2, 0.25) is 5.82 Å². The van der Waals surface area contributed by atoms with Crippen molar-refractivity contribution in [2.24, 2.45) is 0 Å². The Labute approximate surface area is 291 Å². The third-order valence-corrected chi connectivity index (χ3v) is 9.27. The Morgan fingerprint density at radius 3 is 2.38 bits per heavy atom. The molecule has 1 saturated heterocycles. The predicted molar refractivity (Wildman–Crippen MR) is 178 cm³/mol. The summed E-state index contributed by atoms with van der Waals surface area (Å²) in [5.74, 6) is -7.32. The van der Waals surface area contributed by atoms with Crippen molar-refractivity contribution in [2.45, 2.75) is 57.0 Å². The number of nitrogens with zero attached hydrogens (tertiary/aromatic N) is 2. The molecular formula is C36H37ClF3N3O7. The molecule has 2 amide bonds. The van der Waals surface area contributed by atoms with E-state index in [4.69, 9.17) is 21.4 Å². The van der Waals surface area contributed by atoms with Crippen LogP contribution in [-0.2, 0) is 27.3 Å². The van der Waals surface area contributed by atoms with Gasteiger partial charge >= 0.3 is 5.97 Å². The van der Waals surface area contributed by atoms with Gasteiger partial charge in [-0.15, -0.1) is 0 Å². The summed E-state index contributed by atoms with van der Waals surface area (Å²) in [6.07, 6.45) is -3.29. The lowest BCUT2D eigenvalue weighted by molar-refractivity contribution is -0.163. The van der Waals surface area contributed by atoms with Crippen LogP contribution in [0.3, 0.4) is 0 Å². The van der Waals surface area contributed by atoms with Gasteiger partial charge in [-0.2, -0.15) is 4.39 Å². The monoisotopic (exact) mass is 715 g/mol. The van der Waals surface area contributed by atoms with Crippen molar-refractivity contribution < 1.29 is 47.6 Å². The number of hydrogen-bond acceptors (Lipinski definition) is 7. The zero-order valence-electron chi connectivity index (χ0n) is 27.1. The van der Waals surface area contributed by atoms with E-state index in [-0.39, 0.29) is 38.2 Å². The van der Waals surface area contributed by atoms with E-state index < -0.39 is 53.3 Å². The average molecular weight is 716 g/mol. The molecule has 3 aromatic rings. The fraction of sp³-hybridized carbons (Fsp3) is 0.361. The predicted octanol–water partition coefficient (Wildman–Crippen LogP) is 3.95. The topological polar surface area (TPSA) is 140 Å². The van der Waals surface area contributed by atoms with E-state index >= 15 is 0 Å². The van der Waals surface area contributed by atoms with Gasteiger partial charge in [0.25, 0.3) is 11.8 Å². The summed E-state index contributed by atoms with van der Waals surface area (Å²) in [4.78, 5) is 41.6. The molecule has 3 aromatic carbocycles. The average Bonchev–Trinajstić information content (AvgIpc) is 3.11. The highest BCUT2D eigenvalue weighted by Gasteiger charge is 2.43. The molecule has 0 aromatic heterocycles. The van der Waals surface area contributed by atoms with E-state index in [2.05, 4.69) is 5.32 Å². The normalized spacial score (nSPS) is 18.4. The number of ether oxygens (including phenoxy) is 1. The Balaban J connectivity index is 1.39. The third-order valence-electron chi connectivity index (χ3n) is 8.90. The maximum atomic E-state index is 14.4. The lowest BCUT2D eigenvalue weighted by Crippen LogP contribution is -2.64. The van der Waals surface area contributed by atoms with Gasteiger partial charge in [0, 0.05) is 42.8 Å². The number of aryl methyl sites for hydroxylation is 1. The molecule has 2 aliphatic rings. The van der Waals surface area contributed by atoms with Crippen LogP contribution in [-0.4, -0.2) is 93.4 Å². The molecule has 14 heteroatoms. The smallest absolute Gasteiger partial charge is 0.335 e. The Bertz CT molecular complexity index is 1770. The molecule has 266 valence electrons. The lowest BCUT2D eigenvalue weighted by atomic mass is 9.82. The number of aliphatic carboxylic acids is 1. The summed E-state index contributed by atoms with van der Waals surface area (Å²) in [6.45, 7) is 2.39. The van der Waals surface area contributed by atoms with Crippen molar-refractivity contribution in [1.82, 2.24) is 15.1 Å². The van der Waals surface area contributed by atoms with E-state index in [0.717, 1.165) is 28.3 Å². The number of aliphatic hydroxyl groups excluding tert-OH is 2. The number of halogens is 4. The molecule has 1 fully saturated rings. The fourth-order valence-corrected chi connectivity index (χ4v) is 6.49. The van der Waals surface area contributed by atoms with Crippen molar-refractivity contribution >= 4 is 35.0 Å². The molecule has 0 saturated carbocycles. The van der Waals surface area contributed by atoms with E-state index in [0.29, 0.717) is 42.5 Å². The van der Waals surface area contributed by atoms with Crippen LogP contribution < -0.4 is 10.1 Å². The minimum Gasteiger partial charge on any atom is -0.488 e. The molecule has 0 aliphatic carbocycles. The van der Waals surface area contributed by atoms with Crippen LogP contribution in [0.1, 0.15) is 36.5 Å². The number of carboxylic acids is 1. The quantitative estimate of drug-likeness (QED) is 0.154. The van der Waals surface area contributed by atoms with Gasteiger partial charge in [-0.1, -0.05) is 54.1 Å². The van der Waals surface area contributed by atoms with Crippen molar-refractivity contribution in [1.29, 1.82) is 0 Å². The Kier molecular flexibility index (Phi) is 11.8. The number of carboxylic acid groups (broad SMARTS) is 1. The zero-order chi connectivity index (χ0) is 36.1. The number of amides is 2. The van der Waals surface area contributed by atoms with Crippen LogP contribution in [0.15, 0.2) is 66.2 Å². The second-order valence-corrected chi connectivity index (χ2v) is 12.6. The highest BCUT2D eigenvalue weighted by atomic mass is 35.5. The summed E-state index contributed by atoms with van der Waals surface area (Å²) in [6, 6.07) is 15.1. The number of fused-ring (bicyclic) bond motifs is 2. The molecule has 5 rings (SSSR count). The largest absolute Gasteiger partial charge is 0.488 e. The number of benzene rings is 3. The second-order valence-electron chi connectivity index (χ2n) is 12.2. The molecular weight excluding hydrogens is 679 g/mol. The molecule has 2 aliphatic heterocycles. The van der Waals surface area contributed by atoms with Gasteiger partial charge in [0.15, 0.2) is 29.6 Å². The minimum absolute atomic E-state index is 0.0520. The summed E-state index contributed by atoms with van der Waals surface area (Å²) in [5, 5.41) is 33.1. The zero-order valence-corrected chi connectivity index (χ0v) is 27.9. The van der Waals surface area contributed by atoms with Gasteiger partial charge in [-0.3, -0.25) is 9.59 Å². The number of nitrogens with one attached hydrogen (secondary N) is 1. The number of hydrogen-bond donors (Lipinski definition) is 4. The maximum absolute atomic E-state index is 14.4. The van der Waals surface area contributed by atoms with Gasteiger partial charge in [0.05, 0.1) is 12.6 Å². The van der Waals surface area contributed by atoms with Crippen LogP contribution in [0, 0.1) is 17.5 Å². The third kappa shape index (κ3) is 8.13. The Morgan fingerprint density at radius 1 is 1.00 bits per heavy atom. The number of rotatable bonds is 13. The molecule has 4 atom stereocenters. The number of aliphatic hydroxyl groups is 2. The van der Waals surface area contributed by atoms with Crippen LogP contribution in [0.4, 0.5) is 13.2 Å². The van der Waals surface area contributed by atoms with Crippen molar-refractivity contribution in [3.05, 3.63) is 105 Å². The van der Waals surface area contributed by atoms with Gasteiger partial charge in [0.1, 0.15) is 0 Å². The van der Waals surface area contributed by atoms with E-state index in [9.17, 15) is 37.8 Å². The Morgan fingerprint density at radius 2 is 1.70 bits per heavy atom. The van der Waals surface area contributed by atoms with Crippen molar-refractivity contribution in [3.8, 4) is 5.75 Å². The van der Waals surface area contributed by atoms with Gasteiger partial charge < -0.3 is 35.2 Å². The first kappa shape index (κ1) is 36.8. The molecule has 0 radical (unpaired) electrons. The fourth-order valence-electron chi connectivity index (χ4n) is 6.30.